The second-order valence-corrected chi connectivity index (χ2v) is 5.64. The molecule has 2 unspecified atom stereocenters. The van der Waals surface area contributed by atoms with Crippen LogP contribution in [0.3, 0.4) is 0 Å². The molecule has 0 aromatic heterocycles. The second kappa shape index (κ2) is 5.85. The lowest BCUT2D eigenvalue weighted by Gasteiger charge is -2.27. The highest BCUT2D eigenvalue weighted by atomic mass is 16.2. The monoisotopic (exact) mass is 238 g/mol. The van der Waals surface area contributed by atoms with Gasteiger partial charge in [-0.15, -0.1) is 0 Å². The molecule has 1 amide bonds. The van der Waals surface area contributed by atoms with Crippen molar-refractivity contribution in [3.8, 4) is 0 Å². The molecule has 2 aliphatic rings. The molecule has 0 aromatic carbocycles. The van der Waals surface area contributed by atoms with Crippen molar-refractivity contribution in [2.45, 2.75) is 71.0 Å². The molecule has 1 N–H and O–H groups in total. The van der Waals surface area contributed by atoms with Gasteiger partial charge in [0.1, 0.15) is 0 Å². The number of carbonyl (C=O) groups is 1. The topological polar surface area (TPSA) is 32.3 Å². The number of rotatable bonds is 4. The van der Waals surface area contributed by atoms with E-state index in [1.807, 2.05) is 6.92 Å². The summed E-state index contributed by atoms with van der Waals surface area (Å²) in [5.41, 5.74) is 0. The Kier molecular flexibility index (Phi) is 4.43. The SMILES string of the molecule is CCC1NC(C)C(=O)N1CCC1CCCCC1. The molecule has 2 atom stereocenters. The van der Waals surface area contributed by atoms with Crippen LogP contribution in [-0.2, 0) is 4.79 Å². The predicted octanol–water partition coefficient (Wildman–Crippen LogP) is 2.51. The minimum Gasteiger partial charge on any atom is -0.326 e. The summed E-state index contributed by atoms with van der Waals surface area (Å²) in [5.74, 6) is 1.16. The van der Waals surface area contributed by atoms with E-state index in [9.17, 15) is 4.79 Å². The smallest absolute Gasteiger partial charge is 0.240 e. The van der Waals surface area contributed by atoms with Gasteiger partial charge in [0, 0.05) is 6.54 Å². The average molecular weight is 238 g/mol. The molecule has 1 heterocycles. The average Bonchev–Trinajstić information content (AvgIpc) is 2.64. The molecule has 17 heavy (non-hydrogen) atoms. The lowest BCUT2D eigenvalue weighted by Crippen LogP contribution is -2.38. The molecule has 3 nitrogen and oxygen atoms in total. The van der Waals surface area contributed by atoms with E-state index >= 15 is 0 Å². The van der Waals surface area contributed by atoms with Crippen LogP contribution in [0.25, 0.3) is 0 Å². The maximum atomic E-state index is 12.0. The van der Waals surface area contributed by atoms with Gasteiger partial charge in [0.05, 0.1) is 12.2 Å². The third-order valence-corrected chi connectivity index (χ3v) is 4.36. The zero-order valence-electron chi connectivity index (χ0n) is 11.2. The van der Waals surface area contributed by atoms with Crippen molar-refractivity contribution in [3.05, 3.63) is 0 Å². The molecule has 3 heteroatoms. The van der Waals surface area contributed by atoms with Crippen LogP contribution in [0.4, 0.5) is 0 Å². The molecular formula is C14H26N2O. The molecule has 0 radical (unpaired) electrons. The van der Waals surface area contributed by atoms with Gasteiger partial charge in [-0.1, -0.05) is 39.0 Å². The number of carbonyl (C=O) groups excluding carboxylic acids is 1. The van der Waals surface area contributed by atoms with Gasteiger partial charge in [-0.2, -0.15) is 0 Å². The number of hydrogen-bond acceptors (Lipinski definition) is 2. The van der Waals surface area contributed by atoms with Crippen LogP contribution in [0.15, 0.2) is 0 Å². The Hall–Kier alpha value is -0.570. The van der Waals surface area contributed by atoms with Gasteiger partial charge < -0.3 is 4.90 Å². The fourth-order valence-corrected chi connectivity index (χ4v) is 3.25. The van der Waals surface area contributed by atoms with Crippen molar-refractivity contribution in [2.24, 2.45) is 5.92 Å². The molecule has 98 valence electrons. The van der Waals surface area contributed by atoms with Crippen LogP contribution in [-0.4, -0.2) is 29.6 Å². The van der Waals surface area contributed by atoms with Crippen LogP contribution in [0, 0.1) is 5.92 Å². The van der Waals surface area contributed by atoms with Crippen LogP contribution in [0.5, 0.6) is 0 Å². The first-order chi connectivity index (χ1) is 8.22. The largest absolute Gasteiger partial charge is 0.326 e. The van der Waals surface area contributed by atoms with Gasteiger partial charge in [-0.3, -0.25) is 10.1 Å². The quantitative estimate of drug-likeness (QED) is 0.816. The van der Waals surface area contributed by atoms with Crippen molar-refractivity contribution in [3.63, 3.8) is 0 Å². The van der Waals surface area contributed by atoms with E-state index in [2.05, 4.69) is 17.1 Å². The Morgan fingerprint density at radius 2 is 2.00 bits per heavy atom. The third-order valence-electron chi connectivity index (χ3n) is 4.36. The third kappa shape index (κ3) is 3.01. The van der Waals surface area contributed by atoms with Crippen molar-refractivity contribution in [2.75, 3.05) is 6.54 Å². The van der Waals surface area contributed by atoms with Gasteiger partial charge in [0.2, 0.25) is 5.91 Å². The Labute approximate surface area is 105 Å². The molecule has 0 aromatic rings. The highest BCUT2D eigenvalue weighted by Crippen LogP contribution is 2.27. The summed E-state index contributed by atoms with van der Waals surface area (Å²) >= 11 is 0. The van der Waals surface area contributed by atoms with E-state index in [0.717, 1.165) is 18.9 Å². The van der Waals surface area contributed by atoms with E-state index in [0.29, 0.717) is 5.91 Å². The van der Waals surface area contributed by atoms with Crippen molar-refractivity contribution >= 4 is 5.91 Å². The minimum atomic E-state index is 0.0197. The first-order valence-electron chi connectivity index (χ1n) is 7.29. The van der Waals surface area contributed by atoms with Crippen LogP contribution in [0.1, 0.15) is 58.8 Å². The van der Waals surface area contributed by atoms with Gasteiger partial charge in [0.25, 0.3) is 0 Å². The molecule has 2 rings (SSSR count). The first-order valence-corrected chi connectivity index (χ1v) is 7.29. The van der Waals surface area contributed by atoms with Crippen molar-refractivity contribution in [1.29, 1.82) is 0 Å². The maximum absolute atomic E-state index is 12.0. The lowest BCUT2D eigenvalue weighted by atomic mass is 9.87. The maximum Gasteiger partial charge on any atom is 0.240 e. The zero-order valence-corrected chi connectivity index (χ0v) is 11.2. The standard InChI is InChI=1S/C14H26N2O/c1-3-13-15-11(2)14(17)16(13)10-9-12-7-5-4-6-8-12/h11-13,15H,3-10H2,1-2H3. The highest BCUT2D eigenvalue weighted by molar-refractivity contribution is 5.83. The minimum absolute atomic E-state index is 0.0197. The van der Waals surface area contributed by atoms with E-state index in [4.69, 9.17) is 0 Å². The highest BCUT2D eigenvalue weighted by Gasteiger charge is 2.34. The lowest BCUT2D eigenvalue weighted by molar-refractivity contribution is -0.130. The molecular weight excluding hydrogens is 212 g/mol. The van der Waals surface area contributed by atoms with Crippen molar-refractivity contribution < 1.29 is 4.79 Å². The summed E-state index contributed by atoms with van der Waals surface area (Å²) in [4.78, 5) is 14.1. The second-order valence-electron chi connectivity index (χ2n) is 5.64. The Morgan fingerprint density at radius 1 is 1.29 bits per heavy atom. The molecule has 1 saturated carbocycles. The Bertz CT molecular complexity index is 261. The van der Waals surface area contributed by atoms with E-state index < -0.39 is 0 Å². The number of nitrogens with zero attached hydrogens (tertiary/aromatic N) is 1. The van der Waals surface area contributed by atoms with Crippen LogP contribution < -0.4 is 5.32 Å². The van der Waals surface area contributed by atoms with Crippen molar-refractivity contribution in [1.82, 2.24) is 10.2 Å². The molecule has 1 saturated heterocycles. The summed E-state index contributed by atoms with van der Waals surface area (Å²) in [6.07, 6.45) is 9.45. The van der Waals surface area contributed by atoms with E-state index in [1.165, 1.54) is 38.5 Å². The van der Waals surface area contributed by atoms with E-state index in [-0.39, 0.29) is 12.2 Å². The fraction of sp³-hybridized carbons (Fsp3) is 0.929. The summed E-state index contributed by atoms with van der Waals surface area (Å²) < 4.78 is 0. The Balaban J connectivity index is 1.82. The number of amides is 1. The van der Waals surface area contributed by atoms with Gasteiger partial charge in [0.15, 0.2) is 0 Å². The summed E-state index contributed by atoms with van der Waals surface area (Å²) in [6.45, 7) is 5.08. The molecule has 0 spiro atoms. The number of nitrogens with one attached hydrogen (secondary N) is 1. The van der Waals surface area contributed by atoms with Crippen LogP contribution in [0.2, 0.25) is 0 Å². The molecule has 2 fully saturated rings. The number of hydrogen-bond donors (Lipinski definition) is 1. The molecule has 1 aliphatic heterocycles. The van der Waals surface area contributed by atoms with Gasteiger partial charge in [-0.05, 0) is 25.7 Å². The Morgan fingerprint density at radius 3 is 2.65 bits per heavy atom. The molecule has 1 aliphatic carbocycles. The van der Waals surface area contributed by atoms with Gasteiger partial charge >= 0.3 is 0 Å². The molecule has 0 bridgehead atoms. The van der Waals surface area contributed by atoms with Gasteiger partial charge in [-0.25, -0.2) is 0 Å². The summed E-state index contributed by atoms with van der Waals surface area (Å²) in [6, 6.07) is 0.0197. The summed E-state index contributed by atoms with van der Waals surface area (Å²) in [5, 5.41) is 3.37. The fourth-order valence-electron chi connectivity index (χ4n) is 3.25. The van der Waals surface area contributed by atoms with E-state index in [1.54, 1.807) is 0 Å². The van der Waals surface area contributed by atoms with Crippen LogP contribution >= 0.6 is 0 Å². The zero-order chi connectivity index (χ0) is 12.3. The predicted molar refractivity (Wildman–Crippen MR) is 69.6 cm³/mol. The summed E-state index contributed by atoms with van der Waals surface area (Å²) in [7, 11) is 0. The first kappa shape index (κ1) is 12.9. The normalized spacial score (nSPS) is 31.2.